The molecule has 1 aromatic carbocycles. The molecule has 0 saturated carbocycles. The highest BCUT2D eigenvalue weighted by molar-refractivity contribution is 5.94. The Bertz CT molecular complexity index is 427. The van der Waals surface area contributed by atoms with Gasteiger partial charge in [0.2, 0.25) is 0 Å². The summed E-state index contributed by atoms with van der Waals surface area (Å²) in [6, 6.07) is 7.54. The first-order valence-corrected chi connectivity index (χ1v) is 4.84. The number of hydrogen-bond acceptors (Lipinski definition) is 1. The van der Waals surface area contributed by atoms with Crippen molar-refractivity contribution in [3.8, 4) is 11.8 Å². The monoisotopic (exact) mass is 198 g/mol. The molecule has 0 aliphatic rings. The van der Waals surface area contributed by atoms with E-state index >= 15 is 0 Å². The van der Waals surface area contributed by atoms with Crippen LogP contribution in [0.3, 0.4) is 0 Å². The van der Waals surface area contributed by atoms with E-state index in [0.717, 1.165) is 16.7 Å². The van der Waals surface area contributed by atoms with Gasteiger partial charge in [-0.25, -0.2) is 0 Å². The first-order valence-electron chi connectivity index (χ1n) is 4.84. The molecule has 0 bridgehead atoms. The largest absolute Gasteiger partial charge is 0.295 e. The molecule has 0 fully saturated rings. The van der Waals surface area contributed by atoms with Crippen LogP contribution in [0.2, 0.25) is 0 Å². The second kappa shape index (κ2) is 5.17. The van der Waals surface area contributed by atoms with Crippen molar-refractivity contribution >= 4 is 5.78 Å². The molecule has 0 radical (unpaired) electrons. The summed E-state index contributed by atoms with van der Waals surface area (Å²) in [7, 11) is 0. The Kier molecular flexibility index (Phi) is 3.88. The van der Waals surface area contributed by atoms with Gasteiger partial charge in [0, 0.05) is 12.0 Å². The van der Waals surface area contributed by atoms with Crippen molar-refractivity contribution in [2.75, 3.05) is 0 Å². The highest BCUT2D eigenvalue weighted by Gasteiger charge is 1.97. The normalized spacial score (nSPS) is 8.93. The highest BCUT2D eigenvalue weighted by atomic mass is 16.1. The predicted octanol–water partition coefficient (Wildman–Crippen LogP) is 3.01. The second-order valence-electron chi connectivity index (χ2n) is 3.51. The lowest BCUT2D eigenvalue weighted by molar-refractivity contribution is 0.101. The fraction of sp³-hybridized carbons (Fsp3) is 0.214. The minimum Gasteiger partial charge on any atom is -0.295 e. The van der Waals surface area contributed by atoms with Gasteiger partial charge in [-0.1, -0.05) is 42.7 Å². The van der Waals surface area contributed by atoms with Crippen LogP contribution < -0.4 is 0 Å². The van der Waals surface area contributed by atoms with Crippen molar-refractivity contribution < 1.29 is 4.79 Å². The Morgan fingerprint density at radius 2 is 1.87 bits per heavy atom. The lowest BCUT2D eigenvalue weighted by atomic mass is 10.1. The lowest BCUT2D eigenvalue weighted by Crippen LogP contribution is -1.91. The van der Waals surface area contributed by atoms with Gasteiger partial charge in [0.1, 0.15) is 0 Å². The van der Waals surface area contributed by atoms with E-state index < -0.39 is 0 Å². The van der Waals surface area contributed by atoms with E-state index in [1.54, 1.807) is 6.92 Å². The smallest absolute Gasteiger partial charge is 0.159 e. The van der Waals surface area contributed by atoms with E-state index in [0.29, 0.717) is 6.42 Å². The molecule has 76 valence electrons. The zero-order valence-electron chi connectivity index (χ0n) is 9.13. The van der Waals surface area contributed by atoms with E-state index in [1.807, 2.05) is 31.2 Å². The summed E-state index contributed by atoms with van der Waals surface area (Å²) in [5, 5.41) is 0. The van der Waals surface area contributed by atoms with Crippen LogP contribution in [0.1, 0.15) is 29.8 Å². The molecule has 1 heteroatoms. The molecule has 15 heavy (non-hydrogen) atoms. The van der Waals surface area contributed by atoms with Gasteiger partial charge < -0.3 is 0 Å². The summed E-state index contributed by atoms with van der Waals surface area (Å²) >= 11 is 0. The van der Waals surface area contributed by atoms with Crippen LogP contribution in [-0.4, -0.2) is 5.78 Å². The molecule has 1 nitrogen and oxygen atoms in total. The molecule has 0 spiro atoms. The average molecular weight is 198 g/mol. The molecule has 0 amide bonds. The minimum atomic E-state index is 0.0922. The maximum Gasteiger partial charge on any atom is 0.159 e. The molecule has 0 unspecified atom stereocenters. The lowest BCUT2D eigenvalue weighted by Gasteiger charge is -1.97. The van der Waals surface area contributed by atoms with E-state index in [1.165, 1.54) is 0 Å². The molecule has 0 atom stereocenters. The Hall–Kier alpha value is -1.81. The van der Waals surface area contributed by atoms with Crippen molar-refractivity contribution in [1.29, 1.82) is 0 Å². The number of rotatable bonds is 2. The van der Waals surface area contributed by atoms with Gasteiger partial charge in [0.15, 0.2) is 5.78 Å². The Morgan fingerprint density at radius 3 is 2.33 bits per heavy atom. The minimum absolute atomic E-state index is 0.0922. The molecule has 0 heterocycles. The maximum atomic E-state index is 11.0. The van der Waals surface area contributed by atoms with Crippen molar-refractivity contribution in [2.24, 2.45) is 0 Å². The van der Waals surface area contributed by atoms with Crippen molar-refractivity contribution in [1.82, 2.24) is 0 Å². The third-order valence-electron chi connectivity index (χ3n) is 1.95. The average Bonchev–Trinajstić information content (AvgIpc) is 2.18. The molecular weight excluding hydrogens is 184 g/mol. The molecule has 0 N–H and O–H groups in total. The van der Waals surface area contributed by atoms with Crippen LogP contribution in [0.5, 0.6) is 0 Å². The zero-order valence-corrected chi connectivity index (χ0v) is 9.13. The number of Topliss-reactive ketones (excluding diaryl/α,β-unsaturated/α-hetero) is 1. The van der Waals surface area contributed by atoms with Gasteiger partial charge in [-0.15, -0.1) is 0 Å². The van der Waals surface area contributed by atoms with E-state index in [2.05, 4.69) is 18.4 Å². The fourth-order valence-electron chi connectivity index (χ4n) is 1.15. The zero-order chi connectivity index (χ0) is 11.3. The predicted molar refractivity (Wildman–Crippen MR) is 62.7 cm³/mol. The Balaban J connectivity index is 2.70. The van der Waals surface area contributed by atoms with Crippen LogP contribution in [0.4, 0.5) is 0 Å². The number of hydrogen-bond donors (Lipinski definition) is 0. The van der Waals surface area contributed by atoms with Crippen molar-refractivity contribution in [2.45, 2.75) is 20.3 Å². The molecule has 0 aliphatic heterocycles. The fourth-order valence-corrected chi connectivity index (χ4v) is 1.15. The first kappa shape index (κ1) is 11.3. The number of benzene rings is 1. The van der Waals surface area contributed by atoms with Gasteiger partial charge in [0.25, 0.3) is 0 Å². The van der Waals surface area contributed by atoms with Gasteiger partial charge in [0.05, 0.1) is 0 Å². The standard InChI is InChI=1S/C14H14O/c1-11(2)5-4-6-13-7-9-14(10-8-13)12(3)15/h7-10H,1,6H2,2-3H3. The number of ketones is 1. The van der Waals surface area contributed by atoms with Crippen molar-refractivity contribution in [3.63, 3.8) is 0 Å². The van der Waals surface area contributed by atoms with E-state index in [9.17, 15) is 4.79 Å². The quantitative estimate of drug-likeness (QED) is 0.527. The first-order chi connectivity index (χ1) is 7.09. The SMILES string of the molecule is C=C(C)C#CCc1ccc(C(C)=O)cc1. The molecule has 1 aromatic rings. The summed E-state index contributed by atoms with van der Waals surface area (Å²) in [5.41, 5.74) is 2.73. The van der Waals surface area contributed by atoms with Crippen LogP contribution in [0.25, 0.3) is 0 Å². The number of allylic oxidation sites excluding steroid dienone is 1. The van der Waals surface area contributed by atoms with Gasteiger partial charge >= 0.3 is 0 Å². The second-order valence-corrected chi connectivity index (χ2v) is 3.51. The van der Waals surface area contributed by atoms with Gasteiger partial charge in [-0.3, -0.25) is 4.79 Å². The number of carbonyl (C=O) groups is 1. The maximum absolute atomic E-state index is 11.0. The molecule has 1 rings (SSSR count). The van der Waals surface area contributed by atoms with Gasteiger partial charge in [-0.05, 0) is 25.0 Å². The Labute approximate surface area is 90.8 Å². The van der Waals surface area contributed by atoms with Gasteiger partial charge in [-0.2, -0.15) is 0 Å². The molecule has 0 aliphatic carbocycles. The van der Waals surface area contributed by atoms with Crippen LogP contribution in [-0.2, 0) is 6.42 Å². The summed E-state index contributed by atoms with van der Waals surface area (Å²) in [6.07, 6.45) is 0.699. The van der Waals surface area contributed by atoms with E-state index in [4.69, 9.17) is 0 Å². The molecular formula is C14H14O. The van der Waals surface area contributed by atoms with Crippen LogP contribution >= 0.6 is 0 Å². The third-order valence-corrected chi connectivity index (χ3v) is 1.95. The summed E-state index contributed by atoms with van der Waals surface area (Å²) in [4.78, 5) is 11.0. The summed E-state index contributed by atoms with van der Waals surface area (Å²) in [6.45, 7) is 7.15. The Morgan fingerprint density at radius 1 is 1.27 bits per heavy atom. The summed E-state index contributed by atoms with van der Waals surface area (Å²) in [5.74, 6) is 6.03. The van der Waals surface area contributed by atoms with Crippen LogP contribution in [0, 0.1) is 11.8 Å². The third kappa shape index (κ3) is 3.83. The highest BCUT2D eigenvalue weighted by Crippen LogP contribution is 2.05. The van der Waals surface area contributed by atoms with E-state index in [-0.39, 0.29) is 5.78 Å². The van der Waals surface area contributed by atoms with Crippen molar-refractivity contribution in [3.05, 3.63) is 47.5 Å². The molecule has 0 aromatic heterocycles. The summed E-state index contributed by atoms with van der Waals surface area (Å²) < 4.78 is 0. The number of carbonyl (C=O) groups excluding carboxylic acids is 1. The van der Waals surface area contributed by atoms with Crippen LogP contribution in [0.15, 0.2) is 36.4 Å². The molecule has 0 saturated heterocycles. The topological polar surface area (TPSA) is 17.1 Å².